The van der Waals surface area contributed by atoms with Crippen molar-refractivity contribution in [3.05, 3.63) is 39.4 Å². The lowest BCUT2D eigenvalue weighted by Gasteiger charge is -2.27. The van der Waals surface area contributed by atoms with Crippen LogP contribution >= 0.6 is 23.2 Å². The highest BCUT2D eigenvalue weighted by molar-refractivity contribution is 6.36. The largest absolute Gasteiger partial charge is 0.506 e. The van der Waals surface area contributed by atoms with E-state index in [0.29, 0.717) is 18.1 Å². The van der Waals surface area contributed by atoms with Gasteiger partial charge in [0.2, 0.25) is 0 Å². The molecule has 1 saturated heterocycles. The lowest BCUT2D eigenvalue weighted by molar-refractivity contribution is -0.141. The first kappa shape index (κ1) is 19.6. The number of aliphatic hydroxyl groups is 1. The van der Waals surface area contributed by atoms with Crippen molar-refractivity contribution in [3.63, 3.8) is 0 Å². The molecule has 1 aliphatic heterocycles. The number of rotatable bonds is 5. The summed E-state index contributed by atoms with van der Waals surface area (Å²) >= 11 is 11.9. The van der Waals surface area contributed by atoms with E-state index in [1.165, 1.54) is 18.2 Å². The van der Waals surface area contributed by atoms with E-state index in [1.54, 1.807) is 11.9 Å². The predicted octanol–water partition coefficient (Wildman–Crippen LogP) is 3.34. The topological polar surface area (TPSA) is 78.9 Å². The number of piperidine rings is 1. The van der Waals surface area contributed by atoms with Gasteiger partial charge in [0.25, 0.3) is 5.91 Å². The van der Waals surface area contributed by atoms with Gasteiger partial charge in [-0.1, -0.05) is 29.6 Å². The van der Waals surface area contributed by atoms with Crippen molar-refractivity contribution in [3.8, 4) is 0 Å². The van der Waals surface area contributed by atoms with Crippen molar-refractivity contribution in [1.29, 1.82) is 0 Å². The molecule has 0 aliphatic carbocycles. The zero-order valence-electron chi connectivity index (χ0n) is 13.8. The van der Waals surface area contributed by atoms with Crippen molar-refractivity contribution in [2.75, 3.05) is 19.7 Å². The monoisotopic (exact) mass is 386 g/mol. The number of ether oxygens (including phenoxy) is 1. The molecule has 1 aliphatic rings. The Labute approximate surface area is 156 Å². The van der Waals surface area contributed by atoms with Crippen LogP contribution in [0, 0.1) is 0 Å². The zero-order chi connectivity index (χ0) is 18.4. The molecule has 0 aromatic heterocycles. The van der Waals surface area contributed by atoms with E-state index in [9.17, 15) is 14.7 Å². The number of carbonyl (C=O) groups is 2. The SMILES string of the molecule is CCOC(=O)C(C(=O)NN1CCCCC1)=C(O)c1ccc(Cl)cc1Cl. The Kier molecular flexibility index (Phi) is 7.11. The quantitative estimate of drug-likeness (QED) is 0.266. The summed E-state index contributed by atoms with van der Waals surface area (Å²) in [5.41, 5.74) is 2.28. The average Bonchev–Trinajstić information content (AvgIpc) is 2.56. The number of halogens is 2. The van der Waals surface area contributed by atoms with Gasteiger partial charge in [-0.25, -0.2) is 9.80 Å². The maximum absolute atomic E-state index is 12.6. The fraction of sp³-hybridized carbons (Fsp3) is 0.412. The van der Waals surface area contributed by atoms with E-state index < -0.39 is 23.2 Å². The van der Waals surface area contributed by atoms with Gasteiger partial charge in [0.05, 0.1) is 11.6 Å². The normalized spacial score (nSPS) is 16.1. The van der Waals surface area contributed by atoms with Gasteiger partial charge in [-0.2, -0.15) is 0 Å². The molecule has 2 rings (SSSR count). The average molecular weight is 387 g/mol. The lowest BCUT2D eigenvalue weighted by Crippen LogP contribution is -2.46. The molecule has 0 spiro atoms. The molecule has 0 atom stereocenters. The van der Waals surface area contributed by atoms with Gasteiger partial charge >= 0.3 is 5.97 Å². The van der Waals surface area contributed by atoms with Crippen LogP contribution < -0.4 is 5.43 Å². The molecule has 25 heavy (non-hydrogen) atoms. The molecular weight excluding hydrogens is 367 g/mol. The molecule has 2 N–H and O–H groups in total. The summed E-state index contributed by atoms with van der Waals surface area (Å²) in [4.78, 5) is 24.8. The van der Waals surface area contributed by atoms with Crippen molar-refractivity contribution in [2.24, 2.45) is 0 Å². The Morgan fingerprint density at radius 1 is 1.24 bits per heavy atom. The van der Waals surface area contributed by atoms with Crippen molar-refractivity contribution >= 4 is 40.8 Å². The van der Waals surface area contributed by atoms with Crippen LogP contribution in [0.4, 0.5) is 0 Å². The molecule has 8 heteroatoms. The maximum atomic E-state index is 12.6. The number of esters is 1. The van der Waals surface area contributed by atoms with E-state index in [0.717, 1.165) is 19.3 Å². The first-order valence-electron chi connectivity index (χ1n) is 8.05. The number of carbonyl (C=O) groups excluding carboxylic acids is 2. The van der Waals surface area contributed by atoms with Gasteiger partial charge in [0.1, 0.15) is 5.76 Å². The van der Waals surface area contributed by atoms with E-state index >= 15 is 0 Å². The number of benzene rings is 1. The lowest BCUT2D eigenvalue weighted by atomic mass is 10.1. The number of hydrazine groups is 1. The van der Waals surface area contributed by atoms with Gasteiger partial charge in [-0.15, -0.1) is 0 Å². The van der Waals surface area contributed by atoms with Crippen molar-refractivity contribution in [2.45, 2.75) is 26.2 Å². The Bertz CT molecular complexity index is 685. The molecular formula is C17H20Cl2N2O4. The Balaban J connectivity index is 2.36. The minimum atomic E-state index is -0.916. The minimum Gasteiger partial charge on any atom is -0.506 e. The van der Waals surface area contributed by atoms with Crippen LogP contribution in [0.2, 0.25) is 10.0 Å². The Hall–Kier alpha value is -1.76. The summed E-state index contributed by atoms with van der Waals surface area (Å²) in [6.45, 7) is 3.06. The van der Waals surface area contributed by atoms with E-state index in [1.807, 2.05) is 0 Å². The van der Waals surface area contributed by atoms with Gasteiger partial charge in [-0.05, 0) is 38.0 Å². The Morgan fingerprint density at radius 3 is 2.52 bits per heavy atom. The molecule has 0 radical (unpaired) electrons. The molecule has 0 saturated carbocycles. The Morgan fingerprint density at radius 2 is 1.92 bits per heavy atom. The van der Waals surface area contributed by atoms with Crippen LogP contribution in [-0.4, -0.2) is 41.7 Å². The van der Waals surface area contributed by atoms with Gasteiger partial charge in [-0.3, -0.25) is 10.2 Å². The second-order valence-electron chi connectivity index (χ2n) is 5.56. The molecule has 1 aromatic rings. The van der Waals surface area contributed by atoms with E-state index in [2.05, 4.69) is 5.43 Å². The maximum Gasteiger partial charge on any atom is 0.347 e. The second kappa shape index (κ2) is 9.08. The van der Waals surface area contributed by atoms with Crippen LogP contribution in [0.3, 0.4) is 0 Å². The minimum absolute atomic E-state index is 0.0704. The molecule has 1 amide bonds. The first-order chi connectivity index (χ1) is 11.9. The highest BCUT2D eigenvalue weighted by Gasteiger charge is 2.28. The van der Waals surface area contributed by atoms with Crippen LogP contribution in [0.5, 0.6) is 0 Å². The summed E-state index contributed by atoms with van der Waals surface area (Å²) in [6, 6.07) is 4.36. The summed E-state index contributed by atoms with van der Waals surface area (Å²) in [7, 11) is 0. The number of hydrogen-bond acceptors (Lipinski definition) is 5. The van der Waals surface area contributed by atoms with Gasteiger partial charge < -0.3 is 9.84 Å². The second-order valence-corrected chi connectivity index (χ2v) is 6.40. The standard InChI is InChI=1S/C17H20Cl2N2O4/c1-2-25-17(24)14(16(23)20-21-8-4-3-5-9-21)15(22)12-7-6-11(18)10-13(12)19/h6-7,10,22H,2-5,8-9H2,1H3,(H,20,23). The third-order valence-corrected chi connectivity index (χ3v) is 4.29. The third-order valence-electron chi connectivity index (χ3n) is 3.75. The number of aliphatic hydroxyl groups excluding tert-OH is 1. The van der Waals surface area contributed by atoms with Crippen LogP contribution in [0.25, 0.3) is 5.76 Å². The van der Waals surface area contributed by atoms with Crippen molar-refractivity contribution < 1.29 is 19.4 Å². The summed E-state index contributed by atoms with van der Waals surface area (Å²) < 4.78 is 4.92. The van der Waals surface area contributed by atoms with Crippen LogP contribution in [0.15, 0.2) is 23.8 Å². The van der Waals surface area contributed by atoms with Crippen molar-refractivity contribution in [1.82, 2.24) is 10.4 Å². The van der Waals surface area contributed by atoms with E-state index in [4.69, 9.17) is 27.9 Å². The molecule has 136 valence electrons. The smallest absolute Gasteiger partial charge is 0.347 e. The third kappa shape index (κ3) is 5.11. The summed E-state index contributed by atoms with van der Waals surface area (Å²) in [5.74, 6) is -2.20. The summed E-state index contributed by atoms with van der Waals surface area (Å²) in [5, 5.41) is 12.7. The predicted molar refractivity (Wildman–Crippen MR) is 96.2 cm³/mol. The molecule has 6 nitrogen and oxygen atoms in total. The molecule has 1 fully saturated rings. The van der Waals surface area contributed by atoms with Gasteiger partial charge in [0.15, 0.2) is 5.57 Å². The van der Waals surface area contributed by atoms with E-state index in [-0.39, 0.29) is 17.2 Å². The fourth-order valence-corrected chi connectivity index (χ4v) is 3.02. The van der Waals surface area contributed by atoms with Crippen LogP contribution in [-0.2, 0) is 14.3 Å². The van der Waals surface area contributed by atoms with Crippen LogP contribution in [0.1, 0.15) is 31.7 Å². The molecule has 1 heterocycles. The number of nitrogens with one attached hydrogen (secondary N) is 1. The highest BCUT2D eigenvalue weighted by Crippen LogP contribution is 2.28. The molecule has 0 bridgehead atoms. The zero-order valence-corrected chi connectivity index (χ0v) is 15.4. The molecule has 0 unspecified atom stereocenters. The fourth-order valence-electron chi connectivity index (χ4n) is 2.52. The number of hydrogen-bond donors (Lipinski definition) is 2. The highest BCUT2D eigenvalue weighted by atomic mass is 35.5. The number of nitrogens with zero attached hydrogens (tertiary/aromatic N) is 1. The number of amides is 1. The first-order valence-corrected chi connectivity index (χ1v) is 8.81. The molecule has 1 aromatic carbocycles. The van der Waals surface area contributed by atoms with Gasteiger partial charge in [0, 0.05) is 23.7 Å². The summed E-state index contributed by atoms with van der Waals surface area (Å²) in [6.07, 6.45) is 3.00.